The van der Waals surface area contributed by atoms with Crippen LogP contribution in [0.25, 0.3) is 0 Å². The van der Waals surface area contributed by atoms with Gasteiger partial charge in [-0.15, -0.1) is 0 Å². The second-order valence-electron chi connectivity index (χ2n) is 3.00. The maximum atomic E-state index is 12.4. The molecule has 5 heteroatoms. The highest BCUT2D eigenvalue weighted by Crippen LogP contribution is 2.34. The van der Waals surface area contributed by atoms with Gasteiger partial charge in [0.25, 0.3) is 0 Å². The largest absolute Gasteiger partial charge is 0.508 e. The van der Waals surface area contributed by atoms with Crippen molar-refractivity contribution in [2.75, 3.05) is 0 Å². The molecule has 0 aliphatic heterocycles. The molecule has 0 atom stereocenters. The second kappa shape index (κ2) is 3.92. The third-order valence-corrected chi connectivity index (χ3v) is 1.93. The molecule has 1 N–H and O–H groups in total. The number of hydrogen-bond donors (Lipinski definition) is 1. The van der Waals surface area contributed by atoms with E-state index in [0.717, 1.165) is 12.1 Å². The van der Waals surface area contributed by atoms with Gasteiger partial charge in [-0.1, -0.05) is 6.92 Å². The number of hydrogen-bond acceptors (Lipinski definition) is 2. The molecule has 82 valence electrons. The topological polar surface area (TPSA) is 37.3 Å². The molecule has 0 bridgehead atoms. The number of halogens is 3. The summed E-state index contributed by atoms with van der Waals surface area (Å²) in [7, 11) is 0. The number of phenols is 1. The molecule has 2 nitrogen and oxygen atoms in total. The Morgan fingerprint density at radius 1 is 1.40 bits per heavy atom. The molecule has 0 aliphatic rings. The second-order valence-corrected chi connectivity index (χ2v) is 3.00. The molecule has 0 saturated carbocycles. The number of rotatable bonds is 2. The van der Waals surface area contributed by atoms with Crippen LogP contribution in [0.4, 0.5) is 13.2 Å². The summed E-state index contributed by atoms with van der Waals surface area (Å²) in [4.78, 5) is 11.2. The zero-order chi connectivity index (χ0) is 11.6. The number of Topliss-reactive ketones (excluding diaryl/α,β-unsaturated/α-hetero) is 1. The molecule has 15 heavy (non-hydrogen) atoms. The average Bonchev–Trinajstić information content (AvgIpc) is 2.14. The molecule has 1 aromatic carbocycles. The minimum absolute atomic E-state index is 0.0352. The van der Waals surface area contributed by atoms with Crippen LogP contribution in [0.2, 0.25) is 0 Å². The summed E-state index contributed by atoms with van der Waals surface area (Å²) < 4.78 is 37.3. The highest BCUT2D eigenvalue weighted by molar-refractivity contribution is 5.97. The molecule has 0 radical (unpaired) electrons. The first kappa shape index (κ1) is 11.6. The molecule has 1 rings (SSSR count). The lowest BCUT2D eigenvalue weighted by Crippen LogP contribution is -2.12. The zero-order valence-electron chi connectivity index (χ0n) is 7.93. The van der Waals surface area contributed by atoms with E-state index in [9.17, 15) is 18.0 Å². The van der Waals surface area contributed by atoms with Crippen molar-refractivity contribution in [2.45, 2.75) is 19.5 Å². The third-order valence-electron chi connectivity index (χ3n) is 1.93. The highest BCUT2D eigenvalue weighted by atomic mass is 19.4. The van der Waals surface area contributed by atoms with E-state index in [1.54, 1.807) is 0 Å². The van der Waals surface area contributed by atoms with Crippen LogP contribution < -0.4 is 0 Å². The molecule has 0 amide bonds. The Labute approximate surface area is 84.3 Å². The maximum Gasteiger partial charge on any atom is 0.417 e. The van der Waals surface area contributed by atoms with Gasteiger partial charge in [0.2, 0.25) is 0 Å². The summed E-state index contributed by atoms with van der Waals surface area (Å²) in [6.07, 6.45) is -4.61. The lowest BCUT2D eigenvalue weighted by atomic mass is 10.0. The van der Waals surface area contributed by atoms with Crippen LogP contribution in [0.5, 0.6) is 5.75 Å². The number of phenolic OH excluding ortho intramolecular Hbond substituents is 1. The van der Waals surface area contributed by atoms with E-state index in [-0.39, 0.29) is 12.2 Å². The predicted octanol–water partition coefficient (Wildman–Crippen LogP) is 3.00. The SMILES string of the molecule is CCC(=O)c1cc(O)ccc1C(F)(F)F. The molecule has 0 fully saturated rings. The van der Waals surface area contributed by atoms with Gasteiger partial charge < -0.3 is 5.11 Å². The Hall–Kier alpha value is -1.52. The van der Waals surface area contributed by atoms with E-state index < -0.39 is 23.1 Å². The maximum absolute atomic E-state index is 12.4. The Balaban J connectivity index is 3.33. The van der Waals surface area contributed by atoms with Crippen molar-refractivity contribution in [3.63, 3.8) is 0 Å². The molecule has 0 unspecified atom stereocenters. The summed E-state index contributed by atoms with van der Waals surface area (Å²) in [6, 6.07) is 2.46. The van der Waals surface area contributed by atoms with Crippen molar-refractivity contribution >= 4 is 5.78 Å². The summed E-state index contributed by atoms with van der Waals surface area (Å²) in [5.41, 5.74) is -1.49. The molecule has 0 aliphatic carbocycles. The summed E-state index contributed by atoms with van der Waals surface area (Å²) in [5, 5.41) is 9.03. The van der Waals surface area contributed by atoms with E-state index >= 15 is 0 Å². The molecule has 0 saturated heterocycles. The van der Waals surface area contributed by atoms with Crippen LogP contribution in [-0.4, -0.2) is 10.9 Å². The number of alkyl halides is 3. The van der Waals surface area contributed by atoms with E-state index in [1.807, 2.05) is 0 Å². The Bertz CT molecular complexity index is 383. The van der Waals surface area contributed by atoms with Crippen molar-refractivity contribution in [3.8, 4) is 5.75 Å². The normalized spacial score (nSPS) is 11.5. The predicted molar refractivity (Wildman–Crippen MR) is 47.7 cm³/mol. The van der Waals surface area contributed by atoms with Gasteiger partial charge in [-0.05, 0) is 18.2 Å². The minimum Gasteiger partial charge on any atom is -0.508 e. The molecule has 0 heterocycles. The van der Waals surface area contributed by atoms with E-state index in [2.05, 4.69) is 0 Å². The lowest BCUT2D eigenvalue weighted by Gasteiger charge is -2.11. The van der Waals surface area contributed by atoms with E-state index in [4.69, 9.17) is 5.11 Å². The van der Waals surface area contributed by atoms with Crippen molar-refractivity contribution in [2.24, 2.45) is 0 Å². The third kappa shape index (κ3) is 2.49. The molecular weight excluding hydrogens is 209 g/mol. The fraction of sp³-hybridized carbons (Fsp3) is 0.300. The minimum atomic E-state index is -4.58. The first-order valence-corrected chi connectivity index (χ1v) is 4.29. The van der Waals surface area contributed by atoms with Gasteiger partial charge in [-0.2, -0.15) is 13.2 Å². The van der Waals surface area contributed by atoms with Gasteiger partial charge in [0.05, 0.1) is 5.56 Å². The van der Waals surface area contributed by atoms with Gasteiger partial charge in [0.15, 0.2) is 5.78 Å². The Morgan fingerprint density at radius 3 is 2.47 bits per heavy atom. The lowest BCUT2D eigenvalue weighted by molar-refractivity contribution is -0.137. The molecule has 0 aromatic heterocycles. The van der Waals surface area contributed by atoms with E-state index in [1.165, 1.54) is 6.92 Å². The van der Waals surface area contributed by atoms with Gasteiger partial charge >= 0.3 is 6.18 Å². The molecule has 0 spiro atoms. The number of carbonyl (C=O) groups excluding carboxylic acids is 1. The van der Waals surface area contributed by atoms with E-state index in [0.29, 0.717) is 6.07 Å². The monoisotopic (exact) mass is 218 g/mol. The van der Waals surface area contributed by atoms with Crippen LogP contribution in [0.1, 0.15) is 29.3 Å². The number of benzene rings is 1. The molecular formula is C10H9F3O2. The van der Waals surface area contributed by atoms with Crippen molar-refractivity contribution < 1.29 is 23.1 Å². The van der Waals surface area contributed by atoms with Crippen LogP contribution in [0, 0.1) is 0 Å². The zero-order valence-corrected chi connectivity index (χ0v) is 7.93. The van der Waals surface area contributed by atoms with Crippen molar-refractivity contribution in [3.05, 3.63) is 29.3 Å². The Kier molecular flexibility index (Phi) is 3.02. The highest BCUT2D eigenvalue weighted by Gasteiger charge is 2.34. The number of ketones is 1. The number of carbonyl (C=O) groups is 1. The number of aromatic hydroxyl groups is 1. The van der Waals surface area contributed by atoms with Crippen molar-refractivity contribution in [1.82, 2.24) is 0 Å². The van der Waals surface area contributed by atoms with Crippen LogP contribution in [0.15, 0.2) is 18.2 Å². The quantitative estimate of drug-likeness (QED) is 0.774. The summed E-state index contributed by atoms with van der Waals surface area (Å²) in [6.45, 7) is 1.46. The van der Waals surface area contributed by atoms with Crippen LogP contribution >= 0.6 is 0 Å². The fourth-order valence-electron chi connectivity index (χ4n) is 1.20. The summed E-state index contributed by atoms with van der Waals surface area (Å²) >= 11 is 0. The summed E-state index contributed by atoms with van der Waals surface area (Å²) in [5.74, 6) is -0.988. The average molecular weight is 218 g/mol. The van der Waals surface area contributed by atoms with Gasteiger partial charge in [0.1, 0.15) is 5.75 Å². The first-order valence-electron chi connectivity index (χ1n) is 4.29. The standard InChI is InChI=1S/C10H9F3O2/c1-2-9(15)7-5-6(14)3-4-8(7)10(11,12)13/h3-5,14H,2H2,1H3. The van der Waals surface area contributed by atoms with Gasteiger partial charge in [-0.3, -0.25) is 4.79 Å². The fourth-order valence-corrected chi connectivity index (χ4v) is 1.20. The van der Waals surface area contributed by atoms with Crippen LogP contribution in [0.3, 0.4) is 0 Å². The van der Waals surface area contributed by atoms with Crippen LogP contribution in [-0.2, 0) is 6.18 Å². The van der Waals surface area contributed by atoms with Gasteiger partial charge in [-0.25, -0.2) is 0 Å². The molecule has 1 aromatic rings. The smallest absolute Gasteiger partial charge is 0.417 e. The van der Waals surface area contributed by atoms with Gasteiger partial charge in [0, 0.05) is 12.0 Å². The van der Waals surface area contributed by atoms with Crippen molar-refractivity contribution in [1.29, 1.82) is 0 Å². The Morgan fingerprint density at radius 2 is 2.00 bits per heavy atom. The first-order chi connectivity index (χ1) is 6.86.